The third-order valence-electron chi connectivity index (χ3n) is 3.96. The second-order valence-corrected chi connectivity index (χ2v) is 5.72. The van der Waals surface area contributed by atoms with Crippen molar-refractivity contribution in [2.24, 2.45) is 5.92 Å². The lowest BCUT2D eigenvalue weighted by Gasteiger charge is -2.20. The van der Waals surface area contributed by atoms with E-state index in [1.165, 1.54) is 12.1 Å². The molecule has 1 aliphatic rings. The summed E-state index contributed by atoms with van der Waals surface area (Å²) in [5.41, 5.74) is 0.943. The van der Waals surface area contributed by atoms with Crippen molar-refractivity contribution in [1.82, 2.24) is 4.90 Å². The number of nitro groups is 1. The van der Waals surface area contributed by atoms with Gasteiger partial charge >= 0.3 is 0 Å². The molecule has 1 heterocycles. The monoisotopic (exact) mass is 288 g/mol. The Morgan fingerprint density at radius 2 is 2.33 bits per heavy atom. The Hall–Kier alpha value is -2.13. The summed E-state index contributed by atoms with van der Waals surface area (Å²) in [5, 5.41) is 23.1. The number of nitro benzene ring substituents is 1. The van der Waals surface area contributed by atoms with Gasteiger partial charge in [-0.15, -0.1) is 0 Å². The zero-order valence-electron chi connectivity index (χ0n) is 12.4. The number of benzene rings is 1. The first-order chi connectivity index (χ1) is 10.0. The number of hydrogen-bond donors (Lipinski definition) is 1. The van der Waals surface area contributed by atoms with Gasteiger partial charge in [-0.3, -0.25) is 10.1 Å². The highest BCUT2D eigenvalue weighted by atomic mass is 16.6. The van der Waals surface area contributed by atoms with Gasteiger partial charge in [-0.2, -0.15) is 5.26 Å². The lowest BCUT2D eigenvalue weighted by atomic mass is 10.1. The molecule has 112 valence electrons. The molecule has 0 radical (unpaired) electrons. The Labute approximate surface area is 124 Å². The van der Waals surface area contributed by atoms with Crippen molar-refractivity contribution in [2.45, 2.75) is 26.3 Å². The van der Waals surface area contributed by atoms with E-state index in [0.29, 0.717) is 23.2 Å². The Balaban J connectivity index is 1.98. The van der Waals surface area contributed by atoms with Crippen LogP contribution in [0.3, 0.4) is 0 Å². The number of hydrogen-bond acceptors (Lipinski definition) is 5. The lowest BCUT2D eigenvalue weighted by molar-refractivity contribution is -0.384. The van der Waals surface area contributed by atoms with E-state index in [4.69, 9.17) is 5.26 Å². The van der Waals surface area contributed by atoms with Crippen molar-refractivity contribution in [3.8, 4) is 6.07 Å². The Bertz CT molecular complexity index is 565. The van der Waals surface area contributed by atoms with Crippen molar-refractivity contribution in [1.29, 1.82) is 5.26 Å². The van der Waals surface area contributed by atoms with E-state index in [1.807, 2.05) is 6.07 Å². The minimum absolute atomic E-state index is 0.0519. The van der Waals surface area contributed by atoms with Crippen molar-refractivity contribution in [3.05, 3.63) is 33.9 Å². The molecule has 0 spiro atoms. The van der Waals surface area contributed by atoms with Gasteiger partial charge in [-0.05, 0) is 38.8 Å². The summed E-state index contributed by atoms with van der Waals surface area (Å²) in [7, 11) is 0. The predicted molar refractivity (Wildman–Crippen MR) is 81.1 cm³/mol. The maximum Gasteiger partial charge on any atom is 0.270 e. The van der Waals surface area contributed by atoms with Crippen LogP contribution in [0.4, 0.5) is 11.4 Å². The predicted octanol–water partition coefficient (Wildman–Crippen LogP) is 2.61. The molecule has 0 aromatic heterocycles. The molecule has 1 aromatic rings. The third kappa shape index (κ3) is 3.70. The summed E-state index contributed by atoms with van der Waals surface area (Å²) in [6, 6.07) is 6.94. The minimum atomic E-state index is -0.484. The van der Waals surface area contributed by atoms with Crippen LogP contribution in [-0.2, 0) is 0 Å². The number of non-ortho nitro benzene ring substituents is 1. The van der Waals surface area contributed by atoms with Gasteiger partial charge in [0.15, 0.2) is 0 Å². The van der Waals surface area contributed by atoms with Crippen LogP contribution in [-0.4, -0.2) is 35.5 Å². The number of nitrogens with one attached hydrogen (secondary N) is 1. The molecule has 1 saturated heterocycles. The van der Waals surface area contributed by atoms with E-state index in [0.717, 1.165) is 26.1 Å². The lowest BCUT2D eigenvalue weighted by Crippen LogP contribution is -2.29. The van der Waals surface area contributed by atoms with Gasteiger partial charge in [-0.25, -0.2) is 0 Å². The van der Waals surface area contributed by atoms with Crippen molar-refractivity contribution < 1.29 is 4.92 Å². The van der Waals surface area contributed by atoms with Gasteiger partial charge in [0.25, 0.3) is 5.69 Å². The molecule has 0 aliphatic carbocycles. The number of nitriles is 1. The number of anilines is 1. The van der Waals surface area contributed by atoms with Crippen LogP contribution in [0.25, 0.3) is 0 Å². The normalized spacial score (nSPS) is 18.7. The first-order valence-corrected chi connectivity index (χ1v) is 7.17. The first kappa shape index (κ1) is 15.3. The standard InChI is InChI=1S/C15H20N4O2/c1-11(2)18-6-5-12(10-18)9-17-15-4-3-14(19(20)21)7-13(15)8-16/h3-4,7,11-12,17H,5-6,9-10H2,1-2H3. The molecular formula is C15H20N4O2. The molecule has 6 heteroatoms. The van der Waals surface area contributed by atoms with Crippen LogP contribution in [0.15, 0.2) is 18.2 Å². The molecule has 0 bridgehead atoms. The fourth-order valence-corrected chi connectivity index (χ4v) is 2.64. The molecule has 1 atom stereocenters. The number of likely N-dealkylation sites (tertiary alicyclic amines) is 1. The first-order valence-electron chi connectivity index (χ1n) is 7.17. The number of rotatable bonds is 5. The van der Waals surface area contributed by atoms with Crippen LogP contribution in [0.1, 0.15) is 25.8 Å². The van der Waals surface area contributed by atoms with Gasteiger partial charge in [0.05, 0.1) is 16.2 Å². The molecule has 6 nitrogen and oxygen atoms in total. The van der Waals surface area contributed by atoms with Crippen molar-refractivity contribution in [2.75, 3.05) is 25.0 Å². The highest BCUT2D eigenvalue weighted by molar-refractivity contribution is 5.61. The van der Waals surface area contributed by atoms with Crippen molar-refractivity contribution >= 4 is 11.4 Å². The number of nitrogens with zero attached hydrogens (tertiary/aromatic N) is 3. The smallest absolute Gasteiger partial charge is 0.270 e. The molecule has 1 aromatic carbocycles. The minimum Gasteiger partial charge on any atom is -0.384 e. The van der Waals surface area contributed by atoms with Gasteiger partial charge in [0, 0.05) is 31.3 Å². The van der Waals surface area contributed by atoms with E-state index in [-0.39, 0.29) is 5.69 Å². The van der Waals surface area contributed by atoms with Gasteiger partial charge < -0.3 is 10.2 Å². The van der Waals surface area contributed by atoms with Crippen LogP contribution in [0.5, 0.6) is 0 Å². The molecule has 1 unspecified atom stereocenters. The quantitative estimate of drug-likeness (QED) is 0.665. The topological polar surface area (TPSA) is 82.2 Å². The summed E-state index contributed by atoms with van der Waals surface area (Å²) in [5.74, 6) is 0.550. The largest absolute Gasteiger partial charge is 0.384 e. The molecule has 2 rings (SSSR count). The molecular weight excluding hydrogens is 268 g/mol. The van der Waals surface area contributed by atoms with Crippen LogP contribution >= 0.6 is 0 Å². The van der Waals surface area contributed by atoms with E-state index in [1.54, 1.807) is 6.07 Å². The Morgan fingerprint density at radius 1 is 1.57 bits per heavy atom. The molecule has 1 aliphatic heterocycles. The van der Waals surface area contributed by atoms with Crippen LogP contribution in [0.2, 0.25) is 0 Å². The average molecular weight is 288 g/mol. The zero-order valence-corrected chi connectivity index (χ0v) is 12.4. The third-order valence-corrected chi connectivity index (χ3v) is 3.96. The molecule has 0 amide bonds. The highest BCUT2D eigenvalue weighted by Gasteiger charge is 2.24. The summed E-state index contributed by atoms with van der Waals surface area (Å²) in [6.45, 7) is 7.34. The molecule has 0 saturated carbocycles. The second kappa shape index (κ2) is 6.55. The summed E-state index contributed by atoms with van der Waals surface area (Å²) < 4.78 is 0. The molecule has 1 N–H and O–H groups in total. The highest BCUT2D eigenvalue weighted by Crippen LogP contribution is 2.23. The van der Waals surface area contributed by atoms with Gasteiger partial charge in [0.2, 0.25) is 0 Å². The maximum atomic E-state index is 10.7. The SMILES string of the molecule is CC(C)N1CCC(CNc2ccc([N+](=O)[O-])cc2C#N)C1. The maximum absolute atomic E-state index is 10.7. The second-order valence-electron chi connectivity index (χ2n) is 5.72. The molecule has 1 fully saturated rings. The zero-order chi connectivity index (χ0) is 15.4. The Kier molecular flexibility index (Phi) is 4.76. The van der Waals surface area contributed by atoms with E-state index in [2.05, 4.69) is 24.1 Å². The van der Waals surface area contributed by atoms with Gasteiger partial charge in [-0.1, -0.05) is 0 Å². The van der Waals surface area contributed by atoms with Crippen molar-refractivity contribution in [3.63, 3.8) is 0 Å². The Morgan fingerprint density at radius 3 is 2.90 bits per heavy atom. The average Bonchev–Trinajstić information content (AvgIpc) is 2.93. The fourth-order valence-electron chi connectivity index (χ4n) is 2.64. The van der Waals surface area contributed by atoms with Gasteiger partial charge in [0.1, 0.15) is 6.07 Å². The van der Waals surface area contributed by atoms with Crippen LogP contribution < -0.4 is 5.32 Å². The molecule has 21 heavy (non-hydrogen) atoms. The van der Waals surface area contributed by atoms with E-state index in [9.17, 15) is 10.1 Å². The summed E-state index contributed by atoms with van der Waals surface area (Å²) >= 11 is 0. The fraction of sp³-hybridized carbons (Fsp3) is 0.533. The summed E-state index contributed by atoms with van der Waals surface area (Å²) in [4.78, 5) is 12.7. The van der Waals surface area contributed by atoms with E-state index < -0.39 is 4.92 Å². The van der Waals surface area contributed by atoms with E-state index >= 15 is 0 Å². The summed E-state index contributed by atoms with van der Waals surface area (Å²) in [6.07, 6.45) is 1.14. The van der Waals surface area contributed by atoms with Crippen LogP contribution in [0, 0.1) is 27.4 Å².